The molecule has 4 rings (SSSR count). The van der Waals surface area contributed by atoms with E-state index < -0.39 is 45.6 Å². The number of carboxylic acid groups (broad SMARTS) is 1. The van der Waals surface area contributed by atoms with Crippen molar-refractivity contribution in [2.24, 2.45) is 5.92 Å². The first-order valence-electron chi connectivity index (χ1n) is 11.3. The van der Waals surface area contributed by atoms with Crippen molar-refractivity contribution in [3.8, 4) is 5.75 Å². The lowest BCUT2D eigenvalue weighted by molar-refractivity contribution is -0.274. The molecule has 1 heterocycles. The van der Waals surface area contributed by atoms with Crippen LogP contribution in [-0.2, 0) is 27.8 Å². The fourth-order valence-corrected chi connectivity index (χ4v) is 7.95. The summed E-state index contributed by atoms with van der Waals surface area (Å²) in [6, 6.07) is 11.7. The molecular weight excluding hydrogens is 485 g/mol. The van der Waals surface area contributed by atoms with E-state index >= 15 is 0 Å². The molecule has 2 aromatic carbocycles. The summed E-state index contributed by atoms with van der Waals surface area (Å²) in [5, 5.41) is 8.63. The number of ether oxygens (including phenoxy) is 1. The van der Waals surface area contributed by atoms with Crippen molar-refractivity contribution in [3.05, 3.63) is 65.2 Å². The SMILES string of the molecule is CC1CN(Cc2ccc(OC(F)(F)F)cc2)CC(C)N1S(=O)(=O)[C@H]1c2ccccc2C[C@H]1C(=O)O. The number of carbonyl (C=O) groups is 1. The van der Waals surface area contributed by atoms with E-state index in [2.05, 4.69) is 4.74 Å². The van der Waals surface area contributed by atoms with E-state index in [0.29, 0.717) is 25.2 Å². The number of halogens is 3. The number of sulfonamides is 1. The Kier molecular flexibility index (Phi) is 6.87. The Balaban J connectivity index is 1.50. The second kappa shape index (κ2) is 9.44. The van der Waals surface area contributed by atoms with Crippen LogP contribution in [0.2, 0.25) is 0 Å². The summed E-state index contributed by atoms with van der Waals surface area (Å²) < 4.78 is 70.2. The van der Waals surface area contributed by atoms with Gasteiger partial charge in [0.15, 0.2) is 0 Å². The third-order valence-electron chi connectivity index (χ3n) is 6.58. The highest BCUT2D eigenvalue weighted by atomic mass is 32.2. The standard InChI is InChI=1S/C24H27F3N2O5S/c1-15-12-28(14-17-7-9-19(10-8-17)34-24(25,26)27)13-16(2)29(15)35(32,33)22-20-6-4-3-5-18(20)11-21(22)23(30)31/h3-10,15-16,21-22H,11-14H2,1-2H3,(H,30,31)/t15?,16?,21-,22+/m1/s1. The van der Waals surface area contributed by atoms with Crippen LogP contribution in [0.3, 0.4) is 0 Å². The van der Waals surface area contributed by atoms with Gasteiger partial charge in [-0.15, -0.1) is 13.2 Å². The monoisotopic (exact) mass is 512 g/mol. The molecule has 11 heteroatoms. The molecule has 0 bridgehead atoms. The molecule has 1 aliphatic heterocycles. The van der Waals surface area contributed by atoms with Crippen LogP contribution in [0.15, 0.2) is 48.5 Å². The molecule has 0 radical (unpaired) electrons. The second-order valence-electron chi connectivity index (χ2n) is 9.23. The molecule has 0 amide bonds. The molecule has 190 valence electrons. The lowest BCUT2D eigenvalue weighted by atomic mass is 10.1. The molecule has 0 saturated carbocycles. The maximum absolute atomic E-state index is 13.8. The van der Waals surface area contributed by atoms with Crippen molar-refractivity contribution >= 4 is 16.0 Å². The van der Waals surface area contributed by atoms with Crippen molar-refractivity contribution in [2.75, 3.05) is 13.1 Å². The van der Waals surface area contributed by atoms with Crippen molar-refractivity contribution in [3.63, 3.8) is 0 Å². The fraction of sp³-hybridized carbons (Fsp3) is 0.458. The Morgan fingerprint density at radius 3 is 2.23 bits per heavy atom. The van der Waals surface area contributed by atoms with Gasteiger partial charge in [-0.2, -0.15) is 4.31 Å². The van der Waals surface area contributed by atoms with Crippen molar-refractivity contribution in [2.45, 2.75) is 50.5 Å². The van der Waals surface area contributed by atoms with Crippen LogP contribution in [0, 0.1) is 5.92 Å². The molecule has 0 spiro atoms. The van der Waals surface area contributed by atoms with Gasteiger partial charge in [0.1, 0.15) is 11.0 Å². The molecule has 35 heavy (non-hydrogen) atoms. The number of piperazine rings is 1. The maximum atomic E-state index is 13.8. The Morgan fingerprint density at radius 2 is 1.66 bits per heavy atom. The molecule has 4 atom stereocenters. The molecule has 2 aromatic rings. The van der Waals surface area contributed by atoms with E-state index in [4.69, 9.17) is 0 Å². The zero-order chi connectivity index (χ0) is 25.5. The number of hydrogen-bond donors (Lipinski definition) is 1. The van der Waals surface area contributed by atoms with Crippen LogP contribution in [0.5, 0.6) is 5.75 Å². The number of hydrogen-bond acceptors (Lipinski definition) is 5. The Hall–Kier alpha value is -2.63. The number of aliphatic carboxylic acids is 1. The van der Waals surface area contributed by atoms with Crippen LogP contribution >= 0.6 is 0 Å². The quantitative estimate of drug-likeness (QED) is 0.634. The van der Waals surface area contributed by atoms with Gasteiger partial charge in [0.25, 0.3) is 0 Å². The highest BCUT2D eigenvalue weighted by Crippen LogP contribution is 2.44. The summed E-state index contributed by atoms with van der Waals surface area (Å²) in [6.07, 6.45) is -4.58. The van der Waals surface area contributed by atoms with E-state index in [1.807, 2.05) is 4.90 Å². The second-order valence-corrected chi connectivity index (χ2v) is 11.2. The van der Waals surface area contributed by atoms with Gasteiger partial charge in [-0.25, -0.2) is 8.42 Å². The van der Waals surface area contributed by atoms with Crippen LogP contribution in [0.25, 0.3) is 0 Å². The minimum absolute atomic E-state index is 0.173. The molecule has 1 aliphatic carbocycles. The Labute approximate surface area is 202 Å². The lowest BCUT2D eigenvalue weighted by Gasteiger charge is -2.44. The summed E-state index contributed by atoms with van der Waals surface area (Å²) in [6.45, 7) is 4.81. The molecule has 7 nitrogen and oxygen atoms in total. The normalized spacial score (nSPS) is 25.9. The first kappa shape index (κ1) is 25.5. The molecule has 2 aliphatic rings. The summed E-state index contributed by atoms with van der Waals surface area (Å²) in [5.74, 6) is -2.48. The van der Waals surface area contributed by atoms with Crippen molar-refractivity contribution in [1.29, 1.82) is 0 Å². The van der Waals surface area contributed by atoms with Crippen LogP contribution in [0.1, 0.15) is 35.8 Å². The summed E-state index contributed by atoms with van der Waals surface area (Å²) in [5.41, 5.74) is 2.05. The molecule has 1 fully saturated rings. The summed E-state index contributed by atoms with van der Waals surface area (Å²) in [7, 11) is -3.98. The molecular formula is C24H27F3N2O5S. The van der Waals surface area contributed by atoms with Crippen LogP contribution in [-0.4, -0.2) is 60.2 Å². The van der Waals surface area contributed by atoms with Gasteiger partial charge in [0.2, 0.25) is 10.0 Å². The maximum Gasteiger partial charge on any atom is 0.573 e. The van der Waals surface area contributed by atoms with Gasteiger partial charge in [-0.3, -0.25) is 9.69 Å². The predicted molar refractivity (Wildman–Crippen MR) is 122 cm³/mol. The topological polar surface area (TPSA) is 87.2 Å². The number of rotatable bonds is 6. The van der Waals surface area contributed by atoms with E-state index in [1.54, 1.807) is 50.2 Å². The van der Waals surface area contributed by atoms with Gasteiger partial charge in [0.05, 0.1) is 5.92 Å². The van der Waals surface area contributed by atoms with Crippen molar-refractivity contribution < 1.29 is 36.2 Å². The lowest BCUT2D eigenvalue weighted by Crippen LogP contribution is -2.59. The van der Waals surface area contributed by atoms with E-state index in [-0.39, 0.29) is 12.2 Å². The molecule has 2 unspecified atom stereocenters. The van der Waals surface area contributed by atoms with E-state index in [0.717, 1.165) is 11.1 Å². The smallest absolute Gasteiger partial charge is 0.481 e. The zero-order valence-corrected chi connectivity index (χ0v) is 20.1. The number of carboxylic acids is 1. The third kappa shape index (κ3) is 5.31. The van der Waals surface area contributed by atoms with E-state index in [1.165, 1.54) is 16.4 Å². The number of benzene rings is 2. The predicted octanol–water partition coefficient (Wildman–Crippen LogP) is 3.81. The average Bonchev–Trinajstić information content (AvgIpc) is 3.14. The Morgan fingerprint density at radius 1 is 1.06 bits per heavy atom. The summed E-state index contributed by atoms with van der Waals surface area (Å²) >= 11 is 0. The third-order valence-corrected chi connectivity index (χ3v) is 9.11. The van der Waals surface area contributed by atoms with Gasteiger partial charge >= 0.3 is 12.3 Å². The fourth-order valence-electron chi connectivity index (χ4n) is 5.38. The first-order valence-corrected chi connectivity index (χ1v) is 12.8. The van der Waals surface area contributed by atoms with Gasteiger partial charge < -0.3 is 9.84 Å². The highest BCUT2D eigenvalue weighted by Gasteiger charge is 2.50. The minimum atomic E-state index is -4.76. The number of alkyl halides is 3. The highest BCUT2D eigenvalue weighted by molar-refractivity contribution is 7.89. The van der Waals surface area contributed by atoms with Gasteiger partial charge in [-0.1, -0.05) is 36.4 Å². The largest absolute Gasteiger partial charge is 0.573 e. The Bertz CT molecular complexity index is 1170. The first-order chi connectivity index (χ1) is 16.4. The van der Waals surface area contributed by atoms with Crippen molar-refractivity contribution in [1.82, 2.24) is 9.21 Å². The average molecular weight is 513 g/mol. The summed E-state index contributed by atoms with van der Waals surface area (Å²) in [4.78, 5) is 14.0. The number of nitrogens with zero attached hydrogens (tertiary/aromatic N) is 2. The minimum Gasteiger partial charge on any atom is -0.481 e. The van der Waals surface area contributed by atoms with Gasteiger partial charge in [-0.05, 0) is 49.1 Å². The van der Waals surface area contributed by atoms with Crippen LogP contribution in [0.4, 0.5) is 13.2 Å². The molecule has 0 aromatic heterocycles. The van der Waals surface area contributed by atoms with Crippen LogP contribution < -0.4 is 4.74 Å². The zero-order valence-electron chi connectivity index (χ0n) is 19.3. The number of fused-ring (bicyclic) bond motifs is 1. The van der Waals surface area contributed by atoms with Gasteiger partial charge in [0, 0.05) is 31.7 Å². The molecule has 1 N–H and O–H groups in total. The van der Waals surface area contributed by atoms with E-state index in [9.17, 15) is 31.5 Å². The molecule has 1 saturated heterocycles.